The third-order valence-corrected chi connectivity index (χ3v) is 1.36. The van der Waals surface area contributed by atoms with Crippen molar-refractivity contribution in [2.24, 2.45) is 0 Å². The normalized spacial score (nSPS) is 9.70. The van der Waals surface area contributed by atoms with E-state index in [0.29, 0.717) is 6.42 Å². The molecule has 0 atom stereocenters. The Kier molecular flexibility index (Phi) is 2.26. The Hall–Kier alpha value is -1.05. The van der Waals surface area contributed by atoms with Crippen LogP contribution in [0, 0.1) is 0 Å². The molecular formula is C8H11NO. The van der Waals surface area contributed by atoms with E-state index in [1.165, 1.54) is 0 Å². The van der Waals surface area contributed by atoms with E-state index < -0.39 is 0 Å². The van der Waals surface area contributed by atoms with Crippen molar-refractivity contribution in [3.05, 3.63) is 24.5 Å². The Morgan fingerprint density at radius 1 is 1.40 bits per heavy atom. The quantitative estimate of drug-likeness (QED) is 0.610. The molecule has 0 aromatic carbocycles. The SMILES string of the molecule is CCCC(=O)n1cccc1. The molecule has 2 heteroatoms. The molecule has 0 saturated carbocycles. The van der Waals surface area contributed by atoms with Crippen LogP contribution in [0.2, 0.25) is 0 Å². The molecule has 1 aromatic heterocycles. The van der Waals surface area contributed by atoms with E-state index >= 15 is 0 Å². The van der Waals surface area contributed by atoms with Crippen LogP contribution in [0.25, 0.3) is 0 Å². The summed E-state index contributed by atoms with van der Waals surface area (Å²) in [7, 11) is 0. The zero-order valence-electron chi connectivity index (χ0n) is 6.08. The lowest BCUT2D eigenvalue weighted by Crippen LogP contribution is -2.06. The van der Waals surface area contributed by atoms with E-state index in [1.807, 2.05) is 19.1 Å². The minimum atomic E-state index is 0.174. The number of nitrogens with zero attached hydrogens (tertiary/aromatic N) is 1. The van der Waals surface area contributed by atoms with Crippen molar-refractivity contribution in [1.29, 1.82) is 0 Å². The van der Waals surface area contributed by atoms with Crippen molar-refractivity contribution < 1.29 is 4.79 Å². The van der Waals surface area contributed by atoms with Gasteiger partial charge in [0, 0.05) is 18.8 Å². The summed E-state index contributed by atoms with van der Waals surface area (Å²) in [6.07, 6.45) is 5.10. The summed E-state index contributed by atoms with van der Waals surface area (Å²) in [6, 6.07) is 3.71. The van der Waals surface area contributed by atoms with Crippen LogP contribution in [0.4, 0.5) is 0 Å². The van der Waals surface area contributed by atoms with Gasteiger partial charge in [-0.1, -0.05) is 6.92 Å². The molecule has 0 aliphatic heterocycles. The standard InChI is InChI=1S/C8H11NO/c1-2-5-8(10)9-6-3-4-7-9/h3-4,6-7H,2,5H2,1H3. The van der Waals surface area contributed by atoms with Gasteiger partial charge in [0.05, 0.1) is 0 Å². The van der Waals surface area contributed by atoms with Gasteiger partial charge in [-0.2, -0.15) is 0 Å². The number of hydrogen-bond donors (Lipinski definition) is 0. The van der Waals surface area contributed by atoms with Crippen molar-refractivity contribution >= 4 is 5.91 Å². The van der Waals surface area contributed by atoms with Crippen LogP contribution in [0.5, 0.6) is 0 Å². The van der Waals surface area contributed by atoms with Crippen LogP contribution in [0.1, 0.15) is 24.6 Å². The largest absolute Gasteiger partial charge is 0.295 e. The molecule has 1 rings (SSSR count). The summed E-state index contributed by atoms with van der Waals surface area (Å²) < 4.78 is 1.61. The molecule has 1 aromatic rings. The van der Waals surface area contributed by atoms with Gasteiger partial charge in [-0.3, -0.25) is 9.36 Å². The summed E-state index contributed by atoms with van der Waals surface area (Å²) in [5, 5.41) is 0. The van der Waals surface area contributed by atoms with E-state index in [1.54, 1.807) is 17.0 Å². The maximum absolute atomic E-state index is 11.1. The second-order valence-electron chi connectivity index (χ2n) is 2.23. The van der Waals surface area contributed by atoms with Crippen LogP contribution in [-0.2, 0) is 0 Å². The van der Waals surface area contributed by atoms with E-state index in [9.17, 15) is 4.79 Å². The molecule has 0 aliphatic carbocycles. The highest BCUT2D eigenvalue weighted by Crippen LogP contribution is 1.95. The van der Waals surface area contributed by atoms with Gasteiger partial charge in [0.25, 0.3) is 0 Å². The van der Waals surface area contributed by atoms with Gasteiger partial charge in [-0.15, -0.1) is 0 Å². The highest BCUT2D eigenvalue weighted by atomic mass is 16.1. The second-order valence-corrected chi connectivity index (χ2v) is 2.23. The van der Waals surface area contributed by atoms with Crippen molar-refractivity contribution in [2.75, 3.05) is 0 Å². The molecule has 2 nitrogen and oxygen atoms in total. The molecule has 0 spiro atoms. The van der Waals surface area contributed by atoms with Crippen molar-refractivity contribution in [3.63, 3.8) is 0 Å². The fourth-order valence-corrected chi connectivity index (χ4v) is 0.844. The van der Waals surface area contributed by atoms with Crippen LogP contribution in [0.3, 0.4) is 0 Å². The number of rotatable bonds is 2. The van der Waals surface area contributed by atoms with E-state index in [-0.39, 0.29) is 5.91 Å². The van der Waals surface area contributed by atoms with Crippen LogP contribution < -0.4 is 0 Å². The Morgan fingerprint density at radius 3 is 2.50 bits per heavy atom. The van der Waals surface area contributed by atoms with Crippen molar-refractivity contribution in [2.45, 2.75) is 19.8 Å². The fourth-order valence-electron chi connectivity index (χ4n) is 0.844. The molecule has 0 fully saturated rings. The summed E-state index contributed by atoms with van der Waals surface area (Å²) in [4.78, 5) is 11.1. The summed E-state index contributed by atoms with van der Waals surface area (Å²) in [5.74, 6) is 0.174. The third kappa shape index (κ3) is 1.47. The second kappa shape index (κ2) is 3.20. The maximum atomic E-state index is 11.1. The number of hydrogen-bond acceptors (Lipinski definition) is 1. The highest BCUT2D eigenvalue weighted by Gasteiger charge is 1.98. The minimum absolute atomic E-state index is 0.174. The molecule has 0 bridgehead atoms. The van der Waals surface area contributed by atoms with Gasteiger partial charge in [0.1, 0.15) is 0 Å². The summed E-state index contributed by atoms with van der Waals surface area (Å²) in [6.45, 7) is 2.00. The topological polar surface area (TPSA) is 22.0 Å². The highest BCUT2D eigenvalue weighted by molar-refractivity contribution is 5.78. The molecule has 0 aliphatic rings. The van der Waals surface area contributed by atoms with Crippen LogP contribution in [-0.4, -0.2) is 10.5 Å². The third-order valence-electron chi connectivity index (χ3n) is 1.36. The lowest BCUT2D eigenvalue weighted by molar-refractivity contribution is 0.0902. The zero-order chi connectivity index (χ0) is 7.40. The van der Waals surface area contributed by atoms with Crippen molar-refractivity contribution in [1.82, 2.24) is 4.57 Å². The maximum Gasteiger partial charge on any atom is 0.230 e. The van der Waals surface area contributed by atoms with E-state index in [2.05, 4.69) is 0 Å². The predicted octanol–water partition coefficient (Wildman–Crippen LogP) is 1.93. The van der Waals surface area contributed by atoms with Gasteiger partial charge in [0.2, 0.25) is 5.91 Å². The Morgan fingerprint density at radius 2 is 2.00 bits per heavy atom. The number of carbonyl (C=O) groups excluding carboxylic acids is 1. The van der Waals surface area contributed by atoms with Crippen molar-refractivity contribution in [3.8, 4) is 0 Å². The Labute approximate surface area is 60.5 Å². The van der Waals surface area contributed by atoms with Gasteiger partial charge in [-0.05, 0) is 18.6 Å². The number of carbonyl (C=O) groups is 1. The van der Waals surface area contributed by atoms with Gasteiger partial charge in [-0.25, -0.2) is 0 Å². The fraction of sp³-hybridized carbons (Fsp3) is 0.375. The first-order valence-corrected chi connectivity index (χ1v) is 3.50. The lowest BCUT2D eigenvalue weighted by atomic mass is 10.3. The van der Waals surface area contributed by atoms with Gasteiger partial charge >= 0.3 is 0 Å². The molecular weight excluding hydrogens is 126 g/mol. The van der Waals surface area contributed by atoms with E-state index in [0.717, 1.165) is 6.42 Å². The molecule has 0 radical (unpaired) electrons. The Bertz CT molecular complexity index is 201. The van der Waals surface area contributed by atoms with Gasteiger partial charge in [0.15, 0.2) is 0 Å². The first-order valence-electron chi connectivity index (χ1n) is 3.50. The smallest absolute Gasteiger partial charge is 0.230 e. The number of aromatic nitrogens is 1. The molecule has 1 heterocycles. The molecule has 0 unspecified atom stereocenters. The molecule has 0 N–H and O–H groups in total. The summed E-state index contributed by atoms with van der Waals surface area (Å²) in [5.41, 5.74) is 0. The lowest BCUT2D eigenvalue weighted by Gasteiger charge is -1.96. The summed E-state index contributed by atoms with van der Waals surface area (Å²) >= 11 is 0. The predicted molar refractivity (Wildman–Crippen MR) is 40.0 cm³/mol. The average molecular weight is 137 g/mol. The first kappa shape index (κ1) is 7.06. The van der Waals surface area contributed by atoms with Crippen LogP contribution in [0.15, 0.2) is 24.5 Å². The zero-order valence-corrected chi connectivity index (χ0v) is 6.08. The van der Waals surface area contributed by atoms with Gasteiger partial charge < -0.3 is 0 Å². The molecule has 0 saturated heterocycles. The molecule has 54 valence electrons. The first-order chi connectivity index (χ1) is 4.84. The minimum Gasteiger partial charge on any atom is -0.295 e. The van der Waals surface area contributed by atoms with Crippen LogP contribution >= 0.6 is 0 Å². The monoisotopic (exact) mass is 137 g/mol. The Balaban J connectivity index is 2.59. The average Bonchev–Trinajstić information content (AvgIpc) is 2.38. The molecule has 0 amide bonds. The van der Waals surface area contributed by atoms with E-state index in [4.69, 9.17) is 0 Å². The molecule has 10 heavy (non-hydrogen) atoms.